The number of hydrogen-bond acceptors (Lipinski definition) is 4. The first-order chi connectivity index (χ1) is 10.0. The van der Waals surface area contributed by atoms with Crippen LogP contribution in [-0.4, -0.2) is 19.0 Å². The number of hydrogen-bond donors (Lipinski definition) is 1. The highest BCUT2D eigenvalue weighted by atomic mass is 32.1. The maximum Gasteiger partial charge on any atom is 0.350 e. The van der Waals surface area contributed by atoms with Gasteiger partial charge in [0.2, 0.25) is 5.91 Å². The number of rotatable bonds is 4. The zero-order chi connectivity index (χ0) is 15.4. The molecule has 0 saturated heterocycles. The summed E-state index contributed by atoms with van der Waals surface area (Å²) in [5, 5.41) is 4.10. The van der Waals surface area contributed by atoms with Gasteiger partial charge in [-0.2, -0.15) is 0 Å². The minimum absolute atomic E-state index is 0.0534. The highest BCUT2D eigenvalue weighted by molar-refractivity contribution is 7.12. The fourth-order valence-corrected chi connectivity index (χ4v) is 2.48. The van der Waals surface area contributed by atoms with Crippen LogP contribution in [0.3, 0.4) is 0 Å². The van der Waals surface area contributed by atoms with Crippen LogP contribution in [0.2, 0.25) is 0 Å². The molecule has 0 unspecified atom stereocenters. The summed E-state index contributed by atoms with van der Waals surface area (Å²) >= 11 is 1.11. The van der Waals surface area contributed by atoms with E-state index in [1.807, 2.05) is 0 Å². The average Bonchev–Trinajstić information content (AvgIpc) is 2.91. The van der Waals surface area contributed by atoms with E-state index in [0.29, 0.717) is 0 Å². The summed E-state index contributed by atoms with van der Waals surface area (Å²) < 4.78 is 31.1. The lowest BCUT2D eigenvalue weighted by Gasteiger charge is -2.06. The van der Waals surface area contributed by atoms with Crippen LogP contribution >= 0.6 is 11.3 Å². The highest BCUT2D eigenvalue weighted by Gasteiger charge is 2.17. The van der Waals surface area contributed by atoms with E-state index in [4.69, 9.17) is 0 Å². The first kappa shape index (κ1) is 15.1. The number of carbonyl (C=O) groups excluding carboxylic acids is 2. The summed E-state index contributed by atoms with van der Waals surface area (Å²) in [6, 6.07) is 5.17. The third kappa shape index (κ3) is 3.43. The molecule has 1 aromatic carbocycles. The molecule has 0 aliphatic carbocycles. The van der Waals surface area contributed by atoms with Gasteiger partial charge in [0.1, 0.15) is 4.88 Å². The van der Waals surface area contributed by atoms with Gasteiger partial charge in [0.15, 0.2) is 11.6 Å². The summed E-state index contributed by atoms with van der Waals surface area (Å²) in [6.07, 6.45) is -0.333. The Hall–Kier alpha value is -2.28. The SMILES string of the molecule is COC(=O)c1sccc1NC(=O)Cc1cccc(F)c1F. The Bertz CT molecular complexity index is 685. The van der Waals surface area contributed by atoms with Crippen molar-refractivity contribution in [3.63, 3.8) is 0 Å². The summed E-state index contributed by atoms with van der Waals surface area (Å²) in [6.45, 7) is 0. The van der Waals surface area contributed by atoms with E-state index in [-0.39, 0.29) is 22.5 Å². The van der Waals surface area contributed by atoms with Crippen molar-refractivity contribution < 1.29 is 23.1 Å². The molecule has 1 amide bonds. The van der Waals surface area contributed by atoms with Crippen LogP contribution in [0.25, 0.3) is 0 Å². The minimum atomic E-state index is -1.05. The Kier molecular flexibility index (Phi) is 4.64. The van der Waals surface area contributed by atoms with Crippen molar-refractivity contribution in [3.8, 4) is 0 Å². The number of amides is 1. The zero-order valence-electron chi connectivity index (χ0n) is 11.0. The van der Waals surface area contributed by atoms with E-state index < -0.39 is 23.5 Å². The lowest BCUT2D eigenvalue weighted by molar-refractivity contribution is -0.115. The molecule has 0 fully saturated rings. The van der Waals surface area contributed by atoms with Gasteiger partial charge in [-0.3, -0.25) is 4.79 Å². The third-order valence-corrected chi connectivity index (χ3v) is 3.59. The van der Waals surface area contributed by atoms with Crippen molar-refractivity contribution in [2.24, 2.45) is 0 Å². The van der Waals surface area contributed by atoms with Crippen molar-refractivity contribution in [1.82, 2.24) is 0 Å². The molecule has 110 valence electrons. The average molecular weight is 311 g/mol. The monoisotopic (exact) mass is 311 g/mol. The molecular weight excluding hydrogens is 300 g/mol. The Morgan fingerprint density at radius 2 is 2.05 bits per heavy atom. The molecule has 0 radical (unpaired) electrons. The lowest BCUT2D eigenvalue weighted by Crippen LogP contribution is -2.17. The predicted molar refractivity (Wildman–Crippen MR) is 74.4 cm³/mol. The highest BCUT2D eigenvalue weighted by Crippen LogP contribution is 2.23. The summed E-state index contributed by atoms with van der Waals surface area (Å²) in [4.78, 5) is 23.6. The summed E-state index contributed by atoms with van der Waals surface area (Å²) in [7, 11) is 1.23. The molecule has 2 aromatic rings. The van der Waals surface area contributed by atoms with Gasteiger partial charge in [-0.15, -0.1) is 11.3 Å². The van der Waals surface area contributed by atoms with Crippen molar-refractivity contribution in [2.45, 2.75) is 6.42 Å². The molecule has 4 nitrogen and oxygen atoms in total. The number of thiophene rings is 1. The van der Waals surface area contributed by atoms with Crippen molar-refractivity contribution in [2.75, 3.05) is 12.4 Å². The van der Waals surface area contributed by atoms with Gasteiger partial charge >= 0.3 is 5.97 Å². The molecule has 0 bridgehead atoms. The third-order valence-electron chi connectivity index (χ3n) is 2.69. The van der Waals surface area contributed by atoms with Crippen LogP contribution in [-0.2, 0) is 16.0 Å². The maximum absolute atomic E-state index is 13.5. The number of nitrogens with one attached hydrogen (secondary N) is 1. The predicted octanol–water partition coefficient (Wildman–Crippen LogP) is 2.99. The molecule has 7 heteroatoms. The maximum atomic E-state index is 13.5. The fraction of sp³-hybridized carbons (Fsp3) is 0.143. The normalized spacial score (nSPS) is 10.2. The van der Waals surface area contributed by atoms with Gasteiger partial charge in [-0.1, -0.05) is 12.1 Å². The van der Waals surface area contributed by atoms with Gasteiger partial charge in [-0.05, 0) is 17.5 Å². The topological polar surface area (TPSA) is 55.4 Å². The minimum Gasteiger partial charge on any atom is -0.465 e. The standard InChI is InChI=1S/C14H11F2NO3S/c1-20-14(19)13-10(5-6-21-13)17-11(18)7-8-3-2-4-9(15)12(8)16/h2-6H,7H2,1H3,(H,17,18). The second-order valence-electron chi connectivity index (χ2n) is 4.09. The van der Waals surface area contributed by atoms with Crippen LogP contribution in [0.4, 0.5) is 14.5 Å². The lowest BCUT2D eigenvalue weighted by atomic mass is 10.1. The van der Waals surface area contributed by atoms with E-state index >= 15 is 0 Å². The first-order valence-corrected chi connectivity index (χ1v) is 6.79. The van der Waals surface area contributed by atoms with Gasteiger partial charge < -0.3 is 10.1 Å². The van der Waals surface area contributed by atoms with Gasteiger partial charge in [-0.25, -0.2) is 13.6 Å². The Morgan fingerprint density at radius 3 is 2.76 bits per heavy atom. The number of esters is 1. The molecule has 1 N–H and O–H groups in total. The molecule has 2 rings (SSSR count). The van der Waals surface area contributed by atoms with E-state index in [1.54, 1.807) is 5.38 Å². The molecule has 0 aliphatic rings. The fourth-order valence-electron chi connectivity index (χ4n) is 1.71. The number of halogens is 2. The number of anilines is 1. The Balaban J connectivity index is 2.11. The molecule has 0 atom stereocenters. The number of benzene rings is 1. The van der Waals surface area contributed by atoms with E-state index in [0.717, 1.165) is 17.4 Å². The molecule has 0 aliphatic heterocycles. The first-order valence-electron chi connectivity index (χ1n) is 5.91. The van der Waals surface area contributed by atoms with Gasteiger partial charge in [0.05, 0.1) is 19.2 Å². The molecule has 1 aromatic heterocycles. The van der Waals surface area contributed by atoms with Crippen molar-refractivity contribution >= 4 is 28.9 Å². The summed E-state index contributed by atoms with van der Waals surface area (Å²) in [5.41, 5.74) is 0.232. The van der Waals surface area contributed by atoms with E-state index in [1.165, 1.54) is 25.3 Å². The van der Waals surface area contributed by atoms with E-state index in [2.05, 4.69) is 10.1 Å². The van der Waals surface area contributed by atoms with Gasteiger partial charge in [0, 0.05) is 5.56 Å². The van der Waals surface area contributed by atoms with Crippen LogP contribution in [0.1, 0.15) is 15.2 Å². The molecule has 0 spiro atoms. The molecule has 21 heavy (non-hydrogen) atoms. The molecule has 1 heterocycles. The Morgan fingerprint density at radius 1 is 1.29 bits per heavy atom. The quantitative estimate of drug-likeness (QED) is 0.883. The summed E-state index contributed by atoms with van der Waals surface area (Å²) in [5.74, 6) is -3.18. The zero-order valence-corrected chi connectivity index (χ0v) is 11.8. The van der Waals surface area contributed by atoms with Crippen molar-refractivity contribution in [3.05, 3.63) is 51.7 Å². The van der Waals surface area contributed by atoms with Crippen molar-refractivity contribution in [1.29, 1.82) is 0 Å². The van der Waals surface area contributed by atoms with Gasteiger partial charge in [0.25, 0.3) is 0 Å². The Labute approximate surface area is 123 Å². The second-order valence-corrected chi connectivity index (χ2v) is 5.01. The number of methoxy groups -OCH3 is 1. The molecular formula is C14H11F2NO3S. The largest absolute Gasteiger partial charge is 0.465 e. The number of carbonyl (C=O) groups is 2. The van der Waals surface area contributed by atoms with Crippen LogP contribution < -0.4 is 5.32 Å². The number of ether oxygens (including phenoxy) is 1. The molecule has 0 saturated carbocycles. The van der Waals surface area contributed by atoms with Crippen LogP contribution in [0, 0.1) is 11.6 Å². The second kappa shape index (κ2) is 6.45. The van der Waals surface area contributed by atoms with Crippen LogP contribution in [0.15, 0.2) is 29.6 Å². The van der Waals surface area contributed by atoms with E-state index in [9.17, 15) is 18.4 Å². The smallest absolute Gasteiger partial charge is 0.350 e. The van der Waals surface area contributed by atoms with Crippen LogP contribution in [0.5, 0.6) is 0 Å².